The standard InChI is InChI=1S/C29H39N5O4/c1-3-33(24-16-12-11-13-17-24)29(37)34-26-22-23(19-20-25(26)31-32-34)28(36)30-21-15-10-8-6-5-7-9-14-18-27(35)38-4-2/h11-13,16-17,19-20,22H,3-10,14-15,18,21H2,1-2H3,(H,30,36). The minimum absolute atomic E-state index is 0.101. The molecule has 0 aliphatic rings. The van der Waals surface area contributed by atoms with Crippen LogP contribution in [0.3, 0.4) is 0 Å². The predicted molar refractivity (Wildman–Crippen MR) is 148 cm³/mol. The summed E-state index contributed by atoms with van der Waals surface area (Å²) in [5.41, 5.74) is 2.30. The van der Waals surface area contributed by atoms with Crippen molar-refractivity contribution >= 4 is 34.6 Å². The van der Waals surface area contributed by atoms with Crippen LogP contribution < -0.4 is 10.2 Å². The number of hydrogen-bond acceptors (Lipinski definition) is 6. The Balaban J connectivity index is 1.41. The molecule has 0 bridgehead atoms. The first-order chi connectivity index (χ1) is 18.5. The highest BCUT2D eigenvalue weighted by Crippen LogP contribution is 2.18. The number of ether oxygens (including phenoxy) is 1. The summed E-state index contributed by atoms with van der Waals surface area (Å²) in [7, 11) is 0. The maximum Gasteiger partial charge on any atom is 0.351 e. The second kappa shape index (κ2) is 15.5. The summed E-state index contributed by atoms with van der Waals surface area (Å²) in [6.07, 6.45) is 9.02. The number of carbonyl (C=O) groups excluding carboxylic acids is 3. The molecule has 2 amide bonds. The van der Waals surface area contributed by atoms with Gasteiger partial charge in [-0.25, -0.2) is 4.79 Å². The number of nitrogens with one attached hydrogen (secondary N) is 1. The summed E-state index contributed by atoms with van der Waals surface area (Å²) in [6.45, 7) is 5.25. The van der Waals surface area contributed by atoms with Gasteiger partial charge in [0.15, 0.2) is 0 Å². The van der Waals surface area contributed by atoms with Gasteiger partial charge in [-0.1, -0.05) is 61.9 Å². The number of carbonyl (C=O) groups is 3. The molecule has 1 N–H and O–H groups in total. The van der Waals surface area contributed by atoms with E-state index in [1.54, 1.807) is 23.1 Å². The second-order valence-corrected chi connectivity index (χ2v) is 9.21. The molecule has 3 aromatic rings. The third-order valence-electron chi connectivity index (χ3n) is 6.40. The van der Waals surface area contributed by atoms with Crippen molar-refractivity contribution in [3.63, 3.8) is 0 Å². The molecule has 9 heteroatoms. The van der Waals surface area contributed by atoms with E-state index < -0.39 is 0 Å². The Hall–Kier alpha value is -3.75. The Morgan fingerprint density at radius 3 is 2.26 bits per heavy atom. The normalized spacial score (nSPS) is 10.9. The molecule has 0 fully saturated rings. The maximum absolute atomic E-state index is 13.2. The Labute approximate surface area is 224 Å². The van der Waals surface area contributed by atoms with Gasteiger partial charge in [-0.2, -0.15) is 4.68 Å². The van der Waals surface area contributed by atoms with Crippen LogP contribution in [0, 0.1) is 0 Å². The van der Waals surface area contributed by atoms with E-state index in [2.05, 4.69) is 15.6 Å². The van der Waals surface area contributed by atoms with E-state index in [1.165, 1.54) is 4.68 Å². The van der Waals surface area contributed by atoms with E-state index in [-0.39, 0.29) is 17.9 Å². The van der Waals surface area contributed by atoms with Crippen LogP contribution in [0.25, 0.3) is 11.0 Å². The molecule has 0 saturated carbocycles. The molecule has 38 heavy (non-hydrogen) atoms. The van der Waals surface area contributed by atoms with Crippen molar-refractivity contribution in [2.75, 3.05) is 24.6 Å². The molecule has 1 aromatic heterocycles. The lowest BCUT2D eigenvalue weighted by atomic mass is 10.1. The first kappa shape index (κ1) is 28.8. The average molecular weight is 522 g/mol. The Morgan fingerprint density at radius 1 is 0.895 bits per heavy atom. The summed E-state index contributed by atoms with van der Waals surface area (Å²) in [6, 6.07) is 14.2. The van der Waals surface area contributed by atoms with Gasteiger partial charge in [0.25, 0.3) is 5.91 Å². The molecule has 0 aliphatic carbocycles. The van der Waals surface area contributed by atoms with Crippen molar-refractivity contribution in [3.8, 4) is 0 Å². The number of rotatable bonds is 15. The largest absolute Gasteiger partial charge is 0.466 e. The fourth-order valence-electron chi connectivity index (χ4n) is 4.34. The maximum atomic E-state index is 13.2. The zero-order chi connectivity index (χ0) is 27.2. The van der Waals surface area contributed by atoms with Gasteiger partial charge in [0, 0.05) is 30.8 Å². The SMILES string of the molecule is CCOC(=O)CCCCCCCCCCNC(=O)c1ccc2nnn(C(=O)N(CC)c3ccccc3)c2c1. The molecule has 0 spiro atoms. The van der Waals surface area contributed by atoms with Crippen LogP contribution in [-0.2, 0) is 9.53 Å². The number of amides is 2. The van der Waals surface area contributed by atoms with Crippen LogP contribution in [-0.4, -0.2) is 52.6 Å². The quantitative estimate of drug-likeness (QED) is 0.202. The van der Waals surface area contributed by atoms with Gasteiger partial charge in [-0.15, -0.1) is 5.10 Å². The summed E-state index contributed by atoms with van der Waals surface area (Å²) in [5.74, 6) is -0.277. The van der Waals surface area contributed by atoms with E-state index >= 15 is 0 Å². The molecular weight excluding hydrogens is 482 g/mol. The van der Waals surface area contributed by atoms with Gasteiger partial charge in [0.2, 0.25) is 0 Å². The van der Waals surface area contributed by atoms with Crippen LogP contribution in [0.5, 0.6) is 0 Å². The fraction of sp³-hybridized carbons (Fsp3) is 0.483. The number of para-hydroxylation sites is 1. The van der Waals surface area contributed by atoms with Gasteiger partial charge in [0.1, 0.15) is 11.0 Å². The topological polar surface area (TPSA) is 106 Å². The summed E-state index contributed by atoms with van der Waals surface area (Å²) in [4.78, 5) is 38.9. The summed E-state index contributed by atoms with van der Waals surface area (Å²) >= 11 is 0. The van der Waals surface area contributed by atoms with Crippen molar-refractivity contribution in [3.05, 3.63) is 54.1 Å². The van der Waals surface area contributed by atoms with Crippen molar-refractivity contribution in [2.24, 2.45) is 0 Å². The molecule has 0 saturated heterocycles. The van der Waals surface area contributed by atoms with Crippen LogP contribution >= 0.6 is 0 Å². The molecule has 1 heterocycles. The fourth-order valence-corrected chi connectivity index (χ4v) is 4.34. The van der Waals surface area contributed by atoms with Gasteiger partial charge in [-0.3, -0.25) is 14.5 Å². The van der Waals surface area contributed by atoms with Crippen molar-refractivity contribution in [2.45, 2.75) is 71.6 Å². The molecular formula is C29H39N5O4. The van der Waals surface area contributed by atoms with E-state index in [4.69, 9.17) is 4.74 Å². The van der Waals surface area contributed by atoms with E-state index in [0.29, 0.717) is 42.7 Å². The van der Waals surface area contributed by atoms with Gasteiger partial charge >= 0.3 is 12.0 Å². The molecule has 204 valence electrons. The van der Waals surface area contributed by atoms with Crippen LogP contribution in [0.15, 0.2) is 48.5 Å². The van der Waals surface area contributed by atoms with Crippen LogP contribution in [0.2, 0.25) is 0 Å². The second-order valence-electron chi connectivity index (χ2n) is 9.21. The lowest BCUT2D eigenvalue weighted by molar-refractivity contribution is -0.143. The first-order valence-corrected chi connectivity index (χ1v) is 13.7. The highest BCUT2D eigenvalue weighted by molar-refractivity contribution is 6.01. The van der Waals surface area contributed by atoms with Gasteiger partial charge in [-0.05, 0) is 57.0 Å². The van der Waals surface area contributed by atoms with Crippen molar-refractivity contribution < 1.29 is 19.1 Å². The van der Waals surface area contributed by atoms with Crippen molar-refractivity contribution in [1.29, 1.82) is 0 Å². The lowest BCUT2D eigenvalue weighted by Crippen LogP contribution is -2.35. The van der Waals surface area contributed by atoms with Crippen LogP contribution in [0.4, 0.5) is 10.5 Å². The average Bonchev–Trinajstić information content (AvgIpc) is 3.36. The minimum atomic E-state index is -0.322. The van der Waals surface area contributed by atoms with E-state index in [9.17, 15) is 14.4 Å². The molecule has 0 radical (unpaired) electrons. The van der Waals surface area contributed by atoms with Crippen molar-refractivity contribution in [1.82, 2.24) is 20.3 Å². The first-order valence-electron chi connectivity index (χ1n) is 13.7. The van der Waals surface area contributed by atoms with Gasteiger partial charge < -0.3 is 10.1 Å². The third kappa shape index (κ3) is 8.39. The highest BCUT2D eigenvalue weighted by Gasteiger charge is 2.20. The predicted octanol–water partition coefficient (Wildman–Crippen LogP) is 5.73. The Morgan fingerprint density at radius 2 is 1.58 bits per heavy atom. The number of benzene rings is 2. The van der Waals surface area contributed by atoms with E-state index in [0.717, 1.165) is 57.1 Å². The number of aromatic nitrogens is 3. The molecule has 2 aromatic carbocycles. The Bertz CT molecular complexity index is 1180. The van der Waals surface area contributed by atoms with Crippen LogP contribution in [0.1, 0.15) is 82.0 Å². The summed E-state index contributed by atoms with van der Waals surface area (Å²) < 4.78 is 6.19. The number of anilines is 1. The molecule has 9 nitrogen and oxygen atoms in total. The monoisotopic (exact) mass is 521 g/mol. The Kier molecular flexibility index (Phi) is 11.7. The molecule has 0 atom stereocenters. The van der Waals surface area contributed by atoms with Gasteiger partial charge in [0.05, 0.1) is 6.61 Å². The minimum Gasteiger partial charge on any atom is -0.466 e. The number of nitrogens with zero attached hydrogens (tertiary/aromatic N) is 4. The molecule has 0 aliphatic heterocycles. The third-order valence-corrected chi connectivity index (χ3v) is 6.40. The zero-order valence-electron chi connectivity index (χ0n) is 22.5. The zero-order valence-corrected chi connectivity index (χ0v) is 22.5. The smallest absolute Gasteiger partial charge is 0.351 e. The highest BCUT2D eigenvalue weighted by atomic mass is 16.5. The number of hydrogen-bond donors (Lipinski definition) is 1. The number of esters is 1. The molecule has 3 rings (SSSR count). The van der Waals surface area contributed by atoms with E-state index in [1.807, 2.05) is 44.2 Å². The lowest BCUT2D eigenvalue weighted by Gasteiger charge is -2.20. The number of fused-ring (bicyclic) bond motifs is 1. The summed E-state index contributed by atoms with van der Waals surface area (Å²) in [5, 5.41) is 11.1. The molecule has 0 unspecified atom stereocenters. The number of unbranched alkanes of at least 4 members (excludes halogenated alkanes) is 7.